The molecule has 1 saturated carbocycles. The van der Waals surface area contributed by atoms with E-state index >= 15 is 0 Å². The second-order valence-electron chi connectivity index (χ2n) is 5.21. The number of carbonyl (C=O) groups is 3. The van der Waals surface area contributed by atoms with Gasteiger partial charge in [0.25, 0.3) is 0 Å². The highest BCUT2D eigenvalue weighted by Crippen LogP contribution is 2.18. The second-order valence-corrected chi connectivity index (χ2v) is 5.21. The Bertz CT molecular complexity index is 366. The van der Waals surface area contributed by atoms with Gasteiger partial charge in [-0.05, 0) is 18.8 Å². The smallest absolute Gasteiger partial charge is 0.326 e. The van der Waals surface area contributed by atoms with Gasteiger partial charge in [-0.15, -0.1) is 0 Å². The highest BCUT2D eigenvalue weighted by atomic mass is 16.4. The molecule has 0 aliphatic heterocycles. The van der Waals surface area contributed by atoms with Gasteiger partial charge in [-0.1, -0.05) is 13.8 Å². The van der Waals surface area contributed by atoms with Gasteiger partial charge in [-0.25, -0.2) is 9.59 Å². The summed E-state index contributed by atoms with van der Waals surface area (Å²) in [5.41, 5.74) is 0. The van der Waals surface area contributed by atoms with Gasteiger partial charge in [-0.2, -0.15) is 0 Å². The number of rotatable bonds is 6. The summed E-state index contributed by atoms with van der Waals surface area (Å²) in [7, 11) is 1.46. The van der Waals surface area contributed by atoms with Crippen molar-refractivity contribution in [3.05, 3.63) is 0 Å². The first-order valence-electron chi connectivity index (χ1n) is 6.35. The number of likely N-dealkylation sites (N-methyl/N-ethyl adjacent to an activating group) is 1. The zero-order chi connectivity index (χ0) is 14.6. The summed E-state index contributed by atoms with van der Waals surface area (Å²) in [5.74, 6) is -1.54. The van der Waals surface area contributed by atoms with Gasteiger partial charge in [0, 0.05) is 13.1 Å². The van der Waals surface area contributed by atoms with Crippen LogP contribution in [-0.4, -0.2) is 53.6 Å². The maximum atomic E-state index is 11.8. The van der Waals surface area contributed by atoms with Crippen LogP contribution in [0.2, 0.25) is 0 Å². The maximum Gasteiger partial charge on any atom is 0.326 e. The van der Waals surface area contributed by atoms with Gasteiger partial charge in [0.15, 0.2) is 0 Å². The van der Waals surface area contributed by atoms with Crippen molar-refractivity contribution >= 4 is 17.9 Å². The largest absolute Gasteiger partial charge is 0.480 e. The molecule has 7 nitrogen and oxygen atoms in total. The molecule has 0 bridgehead atoms. The minimum Gasteiger partial charge on any atom is -0.480 e. The summed E-state index contributed by atoms with van der Waals surface area (Å²) in [4.78, 5) is 35.4. The minimum absolute atomic E-state index is 0.0766. The third kappa shape index (κ3) is 5.15. The lowest BCUT2D eigenvalue weighted by Crippen LogP contribution is -2.51. The fourth-order valence-electron chi connectivity index (χ4n) is 1.54. The number of hydrogen-bond acceptors (Lipinski definition) is 3. The number of urea groups is 1. The fourth-order valence-corrected chi connectivity index (χ4v) is 1.54. The number of carbonyl (C=O) groups excluding carboxylic acids is 2. The molecule has 0 spiro atoms. The van der Waals surface area contributed by atoms with E-state index in [1.54, 1.807) is 13.8 Å². The van der Waals surface area contributed by atoms with Crippen molar-refractivity contribution in [2.75, 3.05) is 13.6 Å². The van der Waals surface area contributed by atoms with Crippen LogP contribution in [-0.2, 0) is 9.59 Å². The highest BCUT2D eigenvalue weighted by Gasteiger charge is 2.27. The highest BCUT2D eigenvalue weighted by molar-refractivity contribution is 5.86. The average molecular weight is 271 g/mol. The molecule has 1 rings (SSSR count). The SMILES string of the molecule is CC(C)[C@H](NC(=O)N(C)CC(=O)NC1CC1)C(=O)O. The van der Waals surface area contributed by atoms with Gasteiger partial charge in [0.1, 0.15) is 12.6 Å². The van der Waals surface area contributed by atoms with Crippen molar-refractivity contribution in [3.8, 4) is 0 Å². The molecule has 0 saturated heterocycles. The Morgan fingerprint density at radius 3 is 2.32 bits per heavy atom. The molecule has 1 atom stereocenters. The van der Waals surface area contributed by atoms with E-state index in [0.29, 0.717) is 0 Å². The van der Waals surface area contributed by atoms with Crippen molar-refractivity contribution < 1.29 is 19.5 Å². The minimum atomic E-state index is -1.08. The third-order valence-electron chi connectivity index (χ3n) is 2.88. The van der Waals surface area contributed by atoms with E-state index in [-0.39, 0.29) is 24.4 Å². The molecule has 1 fully saturated rings. The molecule has 108 valence electrons. The van der Waals surface area contributed by atoms with Gasteiger partial charge in [0.05, 0.1) is 0 Å². The van der Waals surface area contributed by atoms with Crippen molar-refractivity contribution in [1.82, 2.24) is 15.5 Å². The average Bonchev–Trinajstić information content (AvgIpc) is 3.07. The van der Waals surface area contributed by atoms with Crippen molar-refractivity contribution in [2.45, 2.75) is 38.8 Å². The molecule has 19 heavy (non-hydrogen) atoms. The lowest BCUT2D eigenvalue weighted by Gasteiger charge is -2.23. The lowest BCUT2D eigenvalue weighted by molar-refractivity contribution is -0.140. The molecule has 0 aromatic heterocycles. The topological polar surface area (TPSA) is 98.7 Å². The van der Waals surface area contributed by atoms with E-state index < -0.39 is 18.0 Å². The van der Waals surface area contributed by atoms with Crippen LogP contribution in [0.15, 0.2) is 0 Å². The van der Waals surface area contributed by atoms with E-state index in [0.717, 1.165) is 12.8 Å². The number of hydrogen-bond donors (Lipinski definition) is 3. The van der Waals surface area contributed by atoms with Crippen LogP contribution in [0.3, 0.4) is 0 Å². The molecule has 0 aromatic carbocycles. The van der Waals surface area contributed by atoms with E-state index in [4.69, 9.17) is 5.11 Å². The summed E-state index contributed by atoms with van der Waals surface area (Å²) < 4.78 is 0. The monoisotopic (exact) mass is 271 g/mol. The molecule has 0 aromatic rings. The third-order valence-corrected chi connectivity index (χ3v) is 2.88. The Kier molecular flexibility index (Phi) is 5.14. The Morgan fingerprint density at radius 2 is 1.89 bits per heavy atom. The van der Waals surface area contributed by atoms with E-state index in [1.807, 2.05) is 0 Å². The van der Waals surface area contributed by atoms with Crippen molar-refractivity contribution in [2.24, 2.45) is 5.92 Å². The Hall–Kier alpha value is -1.79. The standard InChI is InChI=1S/C12H21N3O4/c1-7(2)10(11(17)18)14-12(19)15(3)6-9(16)13-8-4-5-8/h7-8,10H,4-6H2,1-3H3,(H,13,16)(H,14,19)(H,17,18)/t10-/m0/s1. The predicted octanol–water partition coefficient (Wildman–Crippen LogP) is 0.0156. The van der Waals surface area contributed by atoms with E-state index in [2.05, 4.69) is 10.6 Å². The zero-order valence-corrected chi connectivity index (χ0v) is 11.5. The quantitative estimate of drug-likeness (QED) is 0.634. The first-order chi connectivity index (χ1) is 8.81. The van der Waals surface area contributed by atoms with Gasteiger partial charge >= 0.3 is 12.0 Å². The number of carboxylic acid groups (broad SMARTS) is 1. The summed E-state index contributed by atoms with van der Waals surface area (Å²) in [6, 6.07) is -1.28. The normalized spacial score (nSPS) is 15.8. The molecule has 3 amide bonds. The van der Waals surface area contributed by atoms with Crippen LogP contribution in [0.25, 0.3) is 0 Å². The molecule has 7 heteroatoms. The van der Waals surface area contributed by atoms with Crippen LogP contribution in [0.5, 0.6) is 0 Å². The van der Waals surface area contributed by atoms with Gasteiger partial charge in [0.2, 0.25) is 5.91 Å². The van der Waals surface area contributed by atoms with Crippen LogP contribution < -0.4 is 10.6 Å². The van der Waals surface area contributed by atoms with Crippen LogP contribution in [0, 0.1) is 5.92 Å². The first-order valence-corrected chi connectivity index (χ1v) is 6.35. The van der Waals surface area contributed by atoms with Gasteiger partial charge < -0.3 is 20.6 Å². The molecular weight excluding hydrogens is 250 g/mol. The molecule has 1 aliphatic rings. The molecule has 1 aliphatic carbocycles. The van der Waals surface area contributed by atoms with Crippen molar-refractivity contribution in [1.29, 1.82) is 0 Å². The number of carboxylic acids is 1. The van der Waals surface area contributed by atoms with E-state index in [9.17, 15) is 14.4 Å². The fraction of sp³-hybridized carbons (Fsp3) is 0.750. The number of nitrogens with one attached hydrogen (secondary N) is 2. The predicted molar refractivity (Wildman–Crippen MR) is 68.6 cm³/mol. The second kappa shape index (κ2) is 6.40. The summed E-state index contributed by atoms with van der Waals surface area (Å²) >= 11 is 0. The lowest BCUT2D eigenvalue weighted by atomic mass is 10.1. The van der Waals surface area contributed by atoms with E-state index in [1.165, 1.54) is 11.9 Å². The molecular formula is C12H21N3O4. The molecule has 3 N–H and O–H groups in total. The van der Waals surface area contributed by atoms with Gasteiger partial charge in [-0.3, -0.25) is 4.79 Å². The van der Waals surface area contributed by atoms with Crippen LogP contribution in [0.4, 0.5) is 4.79 Å². The zero-order valence-electron chi connectivity index (χ0n) is 11.5. The summed E-state index contributed by atoms with van der Waals surface area (Å²) in [6.45, 7) is 3.34. The summed E-state index contributed by atoms with van der Waals surface area (Å²) in [6.07, 6.45) is 1.96. The first kappa shape index (κ1) is 15.3. The Morgan fingerprint density at radius 1 is 1.32 bits per heavy atom. The number of amides is 3. The molecule has 0 unspecified atom stereocenters. The molecule has 0 heterocycles. The Balaban J connectivity index is 2.41. The molecule has 0 radical (unpaired) electrons. The number of nitrogens with zero attached hydrogens (tertiary/aromatic N) is 1. The Labute approximate surface area is 112 Å². The maximum absolute atomic E-state index is 11.8. The van der Waals surface area contributed by atoms with Crippen LogP contribution >= 0.6 is 0 Å². The van der Waals surface area contributed by atoms with Crippen molar-refractivity contribution in [3.63, 3.8) is 0 Å². The summed E-state index contributed by atoms with van der Waals surface area (Å²) in [5, 5.41) is 14.1. The van der Waals surface area contributed by atoms with Crippen LogP contribution in [0.1, 0.15) is 26.7 Å². The number of aliphatic carboxylic acids is 1.